The molecule has 0 aliphatic heterocycles. The molecule has 1 aromatic carbocycles. The average molecular weight is 308 g/mol. The molecule has 0 saturated heterocycles. The van der Waals surface area contributed by atoms with Crippen LogP contribution in [0.5, 0.6) is 0 Å². The predicted octanol–water partition coefficient (Wildman–Crippen LogP) is 4.27. The van der Waals surface area contributed by atoms with E-state index in [1.165, 1.54) is 6.26 Å². The molecule has 3 rings (SSSR count). The summed E-state index contributed by atoms with van der Waals surface area (Å²) in [5.74, 6) is 0.312. The molecule has 4 heteroatoms. The van der Waals surface area contributed by atoms with Gasteiger partial charge >= 0.3 is 0 Å². The van der Waals surface area contributed by atoms with Gasteiger partial charge in [-0.15, -0.1) is 0 Å². The van der Waals surface area contributed by atoms with Crippen LogP contribution in [0.25, 0.3) is 10.9 Å². The smallest absolute Gasteiger partial charge is 0.289 e. The summed E-state index contributed by atoms with van der Waals surface area (Å²) in [7, 11) is 0. The molecule has 0 saturated carbocycles. The number of unbranched alkanes of at least 4 members (excludes halogenated alkanes) is 1. The minimum atomic E-state index is -0.0726. The van der Waals surface area contributed by atoms with Crippen molar-refractivity contribution in [2.24, 2.45) is 0 Å². The number of para-hydroxylation sites is 1. The van der Waals surface area contributed by atoms with E-state index in [1.54, 1.807) is 12.1 Å². The molecule has 0 radical (unpaired) electrons. The van der Waals surface area contributed by atoms with Crippen molar-refractivity contribution in [1.82, 2.24) is 9.88 Å². The number of fused-ring (bicyclic) bond motifs is 1. The lowest BCUT2D eigenvalue weighted by atomic mass is 10.1. The lowest BCUT2D eigenvalue weighted by Crippen LogP contribution is -2.31. The lowest BCUT2D eigenvalue weighted by molar-refractivity contribution is 0.0708. The standard InChI is InChI=1S/C19H20N2O2/c1-2-3-10-21(19(22)18-9-6-11-23-18)14-15-12-16-7-4-5-8-17(16)20-13-15/h4-9,11-13H,2-3,10,14H2,1H3. The minimum Gasteiger partial charge on any atom is -0.459 e. The van der Waals surface area contributed by atoms with Gasteiger partial charge in [0.15, 0.2) is 5.76 Å². The summed E-state index contributed by atoms with van der Waals surface area (Å²) in [5, 5.41) is 1.09. The molecule has 0 aliphatic rings. The van der Waals surface area contributed by atoms with Gasteiger partial charge in [-0.2, -0.15) is 0 Å². The van der Waals surface area contributed by atoms with Crippen LogP contribution in [0.15, 0.2) is 59.3 Å². The number of pyridine rings is 1. The van der Waals surface area contributed by atoms with E-state index in [0.717, 1.165) is 29.3 Å². The van der Waals surface area contributed by atoms with Gasteiger partial charge in [0.05, 0.1) is 11.8 Å². The van der Waals surface area contributed by atoms with E-state index in [2.05, 4.69) is 18.0 Å². The molecule has 0 bridgehead atoms. The van der Waals surface area contributed by atoms with Gasteiger partial charge in [0.1, 0.15) is 0 Å². The summed E-state index contributed by atoms with van der Waals surface area (Å²) >= 11 is 0. The van der Waals surface area contributed by atoms with Crippen LogP contribution >= 0.6 is 0 Å². The van der Waals surface area contributed by atoms with Crippen molar-refractivity contribution < 1.29 is 9.21 Å². The Labute approximate surface area is 135 Å². The van der Waals surface area contributed by atoms with Crippen LogP contribution < -0.4 is 0 Å². The van der Waals surface area contributed by atoms with Crippen LogP contribution in [0.3, 0.4) is 0 Å². The second-order valence-electron chi connectivity index (χ2n) is 5.59. The number of benzene rings is 1. The number of carbonyl (C=O) groups is 1. The number of amides is 1. The van der Waals surface area contributed by atoms with Gasteiger partial charge in [0.25, 0.3) is 5.91 Å². The molecule has 0 fully saturated rings. The summed E-state index contributed by atoms with van der Waals surface area (Å²) in [6.07, 6.45) is 5.38. The average Bonchev–Trinajstić information content (AvgIpc) is 3.12. The van der Waals surface area contributed by atoms with Gasteiger partial charge in [-0.1, -0.05) is 31.5 Å². The second-order valence-corrected chi connectivity index (χ2v) is 5.59. The quantitative estimate of drug-likeness (QED) is 0.683. The topological polar surface area (TPSA) is 46.3 Å². The molecule has 0 atom stereocenters. The van der Waals surface area contributed by atoms with E-state index < -0.39 is 0 Å². The molecule has 2 heterocycles. The fourth-order valence-electron chi connectivity index (χ4n) is 2.58. The molecule has 0 spiro atoms. The largest absolute Gasteiger partial charge is 0.459 e. The Balaban J connectivity index is 1.82. The van der Waals surface area contributed by atoms with E-state index in [9.17, 15) is 4.79 Å². The summed E-state index contributed by atoms with van der Waals surface area (Å²) in [6, 6.07) is 13.5. The molecule has 3 aromatic rings. The highest BCUT2D eigenvalue weighted by Crippen LogP contribution is 2.16. The van der Waals surface area contributed by atoms with E-state index in [1.807, 2.05) is 35.4 Å². The first-order valence-electron chi connectivity index (χ1n) is 7.94. The van der Waals surface area contributed by atoms with Gasteiger partial charge in [0.2, 0.25) is 0 Å². The van der Waals surface area contributed by atoms with Crippen molar-refractivity contribution in [3.63, 3.8) is 0 Å². The van der Waals surface area contributed by atoms with E-state index in [4.69, 9.17) is 4.42 Å². The zero-order valence-electron chi connectivity index (χ0n) is 13.2. The van der Waals surface area contributed by atoms with Gasteiger partial charge in [-0.25, -0.2) is 0 Å². The second kappa shape index (κ2) is 7.09. The number of nitrogens with zero attached hydrogens (tertiary/aromatic N) is 2. The first-order chi connectivity index (χ1) is 11.3. The van der Waals surface area contributed by atoms with Crippen molar-refractivity contribution in [3.8, 4) is 0 Å². The first kappa shape index (κ1) is 15.3. The summed E-state index contributed by atoms with van der Waals surface area (Å²) < 4.78 is 5.26. The zero-order chi connectivity index (χ0) is 16.1. The fourth-order valence-corrected chi connectivity index (χ4v) is 2.58. The molecular weight excluding hydrogens is 288 g/mol. The van der Waals surface area contributed by atoms with Crippen molar-refractivity contribution in [3.05, 3.63) is 66.2 Å². The Hall–Kier alpha value is -2.62. The molecule has 0 aliphatic carbocycles. The van der Waals surface area contributed by atoms with Gasteiger partial charge < -0.3 is 9.32 Å². The lowest BCUT2D eigenvalue weighted by Gasteiger charge is -2.21. The third kappa shape index (κ3) is 3.59. The summed E-state index contributed by atoms with van der Waals surface area (Å²) in [4.78, 5) is 18.9. The Bertz CT molecular complexity index is 781. The molecule has 0 N–H and O–H groups in total. The van der Waals surface area contributed by atoms with Crippen molar-refractivity contribution in [2.45, 2.75) is 26.3 Å². The molecule has 0 unspecified atom stereocenters. The van der Waals surface area contributed by atoms with Gasteiger partial charge in [0, 0.05) is 24.7 Å². The van der Waals surface area contributed by atoms with Crippen LogP contribution in [0, 0.1) is 0 Å². The van der Waals surface area contributed by atoms with Crippen molar-refractivity contribution in [2.75, 3.05) is 6.54 Å². The Morgan fingerprint density at radius 2 is 2.09 bits per heavy atom. The molecule has 23 heavy (non-hydrogen) atoms. The monoisotopic (exact) mass is 308 g/mol. The molecule has 4 nitrogen and oxygen atoms in total. The number of furan rings is 1. The Kier molecular flexibility index (Phi) is 4.71. The van der Waals surface area contributed by atoms with Crippen LogP contribution in [0.1, 0.15) is 35.9 Å². The molecule has 118 valence electrons. The number of hydrogen-bond donors (Lipinski definition) is 0. The molecular formula is C19H20N2O2. The third-order valence-corrected chi connectivity index (χ3v) is 3.82. The van der Waals surface area contributed by atoms with E-state index in [-0.39, 0.29) is 5.91 Å². The number of carbonyl (C=O) groups excluding carboxylic acids is 1. The molecule has 1 amide bonds. The van der Waals surface area contributed by atoms with E-state index in [0.29, 0.717) is 18.8 Å². The van der Waals surface area contributed by atoms with Crippen molar-refractivity contribution in [1.29, 1.82) is 0 Å². The Morgan fingerprint density at radius 1 is 1.22 bits per heavy atom. The predicted molar refractivity (Wildman–Crippen MR) is 90.1 cm³/mol. The number of hydrogen-bond acceptors (Lipinski definition) is 3. The molecule has 2 aromatic heterocycles. The minimum absolute atomic E-state index is 0.0726. The highest BCUT2D eigenvalue weighted by atomic mass is 16.3. The maximum atomic E-state index is 12.6. The fraction of sp³-hybridized carbons (Fsp3) is 0.263. The third-order valence-electron chi connectivity index (χ3n) is 3.82. The zero-order valence-corrected chi connectivity index (χ0v) is 13.2. The first-order valence-corrected chi connectivity index (χ1v) is 7.94. The number of rotatable bonds is 6. The van der Waals surface area contributed by atoms with Crippen LogP contribution in [-0.2, 0) is 6.54 Å². The van der Waals surface area contributed by atoms with E-state index >= 15 is 0 Å². The maximum Gasteiger partial charge on any atom is 0.289 e. The van der Waals surface area contributed by atoms with Crippen LogP contribution in [-0.4, -0.2) is 22.3 Å². The summed E-state index contributed by atoms with van der Waals surface area (Å²) in [6.45, 7) is 3.37. The summed E-state index contributed by atoms with van der Waals surface area (Å²) in [5.41, 5.74) is 1.99. The van der Waals surface area contributed by atoms with Crippen LogP contribution in [0.4, 0.5) is 0 Å². The maximum absolute atomic E-state index is 12.6. The highest BCUT2D eigenvalue weighted by molar-refractivity contribution is 5.91. The van der Waals surface area contributed by atoms with Gasteiger partial charge in [-0.3, -0.25) is 9.78 Å². The SMILES string of the molecule is CCCCN(Cc1cnc2ccccc2c1)C(=O)c1ccco1. The Morgan fingerprint density at radius 3 is 2.87 bits per heavy atom. The van der Waals surface area contributed by atoms with Gasteiger partial charge in [-0.05, 0) is 36.2 Å². The van der Waals surface area contributed by atoms with Crippen LogP contribution in [0.2, 0.25) is 0 Å². The highest BCUT2D eigenvalue weighted by Gasteiger charge is 2.18. The normalized spacial score (nSPS) is 10.8. The number of aromatic nitrogens is 1. The van der Waals surface area contributed by atoms with Crippen molar-refractivity contribution >= 4 is 16.8 Å².